The molecule has 1 atom stereocenters. The lowest BCUT2D eigenvalue weighted by Crippen LogP contribution is -1.94. The highest BCUT2D eigenvalue weighted by molar-refractivity contribution is 5.81. The van der Waals surface area contributed by atoms with Gasteiger partial charge in [-0.05, 0) is 24.0 Å². The second kappa shape index (κ2) is 3.05. The molecule has 0 aromatic carbocycles. The lowest BCUT2D eigenvalue weighted by atomic mass is 10.00. The molecule has 1 aromatic heterocycles. The third-order valence-corrected chi connectivity index (χ3v) is 2.40. The minimum absolute atomic E-state index is 0.392. The van der Waals surface area contributed by atoms with Gasteiger partial charge in [-0.2, -0.15) is 0 Å². The SMILES string of the molecule is O=C1CCC(c2cccnc2)C1. The number of aromatic nitrogens is 1. The zero-order valence-corrected chi connectivity index (χ0v) is 6.86. The quantitative estimate of drug-likeness (QED) is 0.629. The van der Waals surface area contributed by atoms with Crippen LogP contribution in [0.2, 0.25) is 0 Å². The Kier molecular flexibility index (Phi) is 1.90. The molecule has 1 fully saturated rings. The van der Waals surface area contributed by atoms with Crippen LogP contribution in [0, 0.1) is 0 Å². The molecule has 0 saturated heterocycles. The number of ketones is 1. The van der Waals surface area contributed by atoms with Gasteiger partial charge < -0.3 is 0 Å². The first-order valence-corrected chi connectivity index (χ1v) is 4.28. The Morgan fingerprint density at radius 1 is 1.50 bits per heavy atom. The van der Waals surface area contributed by atoms with Crippen LogP contribution >= 0.6 is 0 Å². The van der Waals surface area contributed by atoms with E-state index in [-0.39, 0.29) is 0 Å². The summed E-state index contributed by atoms with van der Waals surface area (Å²) < 4.78 is 0. The van der Waals surface area contributed by atoms with Crippen molar-refractivity contribution < 1.29 is 4.79 Å². The zero-order chi connectivity index (χ0) is 8.39. The molecule has 2 heteroatoms. The molecule has 0 aliphatic heterocycles. The van der Waals surface area contributed by atoms with E-state index in [0.717, 1.165) is 12.8 Å². The van der Waals surface area contributed by atoms with Crippen molar-refractivity contribution in [3.8, 4) is 0 Å². The van der Waals surface area contributed by atoms with E-state index < -0.39 is 0 Å². The summed E-state index contributed by atoms with van der Waals surface area (Å²) in [5, 5.41) is 0. The molecule has 1 aromatic rings. The van der Waals surface area contributed by atoms with Gasteiger partial charge in [0.25, 0.3) is 0 Å². The first-order valence-electron chi connectivity index (χ1n) is 4.28. The second-order valence-corrected chi connectivity index (χ2v) is 3.26. The van der Waals surface area contributed by atoms with Crippen molar-refractivity contribution in [3.63, 3.8) is 0 Å². The van der Waals surface area contributed by atoms with Crippen LogP contribution in [0.4, 0.5) is 0 Å². The fourth-order valence-electron chi connectivity index (χ4n) is 1.72. The molecule has 0 radical (unpaired) electrons. The standard InChI is InChI=1S/C10H11NO/c12-10-4-3-8(6-10)9-2-1-5-11-7-9/h1-2,5,7-8H,3-4,6H2. The maximum absolute atomic E-state index is 11.0. The van der Waals surface area contributed by atoms with Gasteiger partial charge in [0.2, 0.25) is 0 Å². The number of nitrogens with zero attached hydrogens (tertiary/aromatic N) is 1. The largest absolute Gasteiger partial charge is 0.300 e. The summed E-state index contributed by atoms with van der Waals surface area (Å²) in [4.78, 5) is 15.0. The van der Waals surface area contributed by atoms with Crippen molar-refractivity contribution >= 4 is 5.78 Å². The second-order valence-electron chi connectivity index (χ2n) is 3.26. The van der Waals surface area contributed by atoms with Gasteiger partial charge >= 0.3 is 0 Å². The van der Waals surface area contributed by atoms with Crippen LogP contribution in [0.5, 0.6) is 0 Å². The molecule has 1 heterocycles. The summed E-state index contributed by atoms with van der Waals surface area (Å²) in [6.07, 6.45) is 6.10. The van der Waals surface area contributed by atoms with Gasteiger partial charge in [-0.3, -0.25) is 9.78 Å². The van der Waals surface area contributed by atoms with E-state index in [0.29, 0.717) is 18.1 Å². The van der Waals surface area contributed by atoms with Crippen molar-refractivity contribution in [1.29, 1.82) is 0 Å². The molecule has 0 bridgehead atoms. The van der Waals surface area contributed by atoms with Crippen molar-refractivity contribution in [3.05, 3.63) is 30.1 Å². The number of Topliss-reactive ketones (excluding diaryl/α,β-unsaturated/α-hetero) is 1. The van der Waals surface area contributed by atoms with Gasteiger partial charge in [0.15, 0.2) is 0 Å². The molecule has 1 aliphatic rings. The summed E-state index contributed by atoms with van der Waals surface area (Å²) in [6.45, 7) is 0. The van der Waals surface area contributed by atoms with Gasteiger partial charge in [0, 0.05) is 25.2 Å². The maximum atomic E-state index is 11.0. The number of pyridine rings is 1. The Morgan fingerprint density at radius 2 is 2.42 bits per heavy atom. The fourth-order valence-corrected chi connectivity index (χ4v) is 1.72. The average molecular weight is 161 g/mol. The van der Waals surface area contributed by atoms with Gasteiger partial charge in [-0.15, -0.1) is 0 Å². The molecule has 0 N–H and O–H groups in total. The monoisotopic (exact) mass is 161 g/mol. The average Bonchev–Trinajstić information content (AvgIpc) is 2.54. The Balaban J connectivity index is 2.16. The normalized spacial score (nSPS) is 23.0. The number of hydrogen-bond donors (Lipinski definition) is 0. The molecule has 0 spiro atoms. The van der Waals surface area contributed by atoms with Crippen molar-refractivity contribution in [2.24, 2.45) is 0 Å². The Labute approximate surface area is 71.6 Å². The Hall–Kier alpha value is -1.18. The molecule has 1 saturated carbocycles. The molecule has 0 amide bonds. The van der Waals surface area contributed by atoms with Crippen LogP contribution in [0.3, 0.4) is 0 Å². The topological polar surface area (TPSA) is 30.0 Å². The van der Waals surface area contributed by atoms with Crippen LogP contribution in [0.1, 0.15) is 30.7 Å². The van der Waals surface area contributed by atoms with Crippen LogP contribution in [-0.2, 0) is 4.79 Å². The van der Waals surface area contributed by atoms with Gasteiger partial charge in [-0.25, -0.2) is 0 Å². The number of carbonyl (C=O) groups is 1. The lowest BCUT2D eigenvalue weighted by Gasteiger charge is -2.05. The molecule has 1 aliphatic carbocycles. The summed E-state index contributed by atoms with van der Waals surface area (Å²) in [5.74, 6) is 0.829. The van der Waals surface area contributed by atoms with E-state index >= 15 is 0 Å². The first kappa shape index (κ1) is 7.47. The molecular weight excluding hydrogens is 150 g/mol. The van der Waals surface area contributed by atoms with Crippen molar-refractivity contribution in [1.82, 2.24) is 4.98 Å². The zero-order valence-electron chi connectivity index (χ0n) is 6.86. The number of rotatable bonds is 1. The summed E-state index contributed by atoms with van der Waals surface area (Å²) >= 11 is 0. The third kappa shape index (κ3) is 1.37. The molecular formula is C10H11NO. The minimum atomic E-state index is 0.392. The van der Waals surface area contributed by atoms with Crippen molar-refractivity contribution in [2.45, 2.75) is 25.2 Å². The van der Waals surface area contributed by atoms with Crippen LogP contribution in [0.25, 0.3) is 0 Å². The van der Waals surface area contributed by atoms with E-state index in [1.54, 1.807) is 6.20 Å². The molecule has 12 heavy (non-hydrogen) atoms. The summed E-state index contributed by atoms with van der Waals surface area (Å²) in [7, 11) is 0. The van der Waals surface area contributed by atoms with E-state index in [1.807, 2.05) is 12.3 Å². The molecule has 2 rings (SSSR count). The lowest BCUT2D eigenvalue weighted by molar-refractivity contribution is -0.117. The predicted molar refractivity (Wildman–Crippen MR) is 45.8 cm³/mol. The van der Waals surface area contributed by atoms with Crippen LogP contribution in [-0.4, -0.2) is 10.8 Å². The van der Waals surface area contributed by atoms with Crippen molar-refractivity contribution in [2.75, 3.05) is 0 Å². The van der Waals surface area contributed by atoms with Gasteiger partial charge in [0.1, 0.15) is 5.78 Å². The smallest absolute Gasteiger partial charge is 0.133 e. The van der Waals surface area contributed by atoms with Gasteiger partial charge in [-0.1, -0.05) is 6.07 Å². The number of hydrogen-bond acceptors (Lipinski definition) is 2. The summed E-state index contributed by atoms with van der Waals surface area (Å²) in [5.41, 5.74) is 1.21. The highest BCUT2D eigenvalue weighted by Gasteiger charge is 2.23. The Bertz CT molecular complexity index is 281. The van der Waals surface area contributed by atoms with E-state index in [9.17, 15) is 4.79 Å². The van der Waals surface area contributed by atoms with E-state index in [4.69, 9.17) is 0 Å². The summed E-state index contributed by atoms with van der Waals surface area (Å²) in [6, 6.07) is 3.98. The maximum Gasteiger partial charge on any atom is 0.133 e. The van der Waals surface area contributed by atoms with Gasteiger partial charge in [0.05, 0.1) is 0 Å². The molecule has 2 nitrogen and oxygen atoms in total. The highest BCUT2D eigenvalue weighted by atomic mass is 16.1. The Morgan fingerprint density at radius 3 is 3.00 bits per heavy atom. The third-order valence-electron chi connectivity index (χ3n) is 2.40. The minimum Gasteiger partial charge on any atom is -0.300 e. The van der Waals surface area contributed by atoms with E-state index in [1.165, 1.54) is 5.56 Å². The molecule has 1 unspecified atom stereocenters. The van der Waals surface area contributed by atoms with Crippen LogP contribution < -0.4 is 0 Å². The highest BCUT2D eigenvalue weighted by Crippen LogP contribution is 2.31. The van der Waals surface area contributed by atoms with E-state index in [2.05, 4.69) is 11.1 Å². The fraction of sp³-hybridized carbons (Fsp3) is 0.400. The molecule has 62 valence electrons. The number of carbonyl (C=O) groups excluding carboxylic acids is 1. The first-order chi connectivity index (χ1) is 5.86. The van der Waals surface area contributed by atoms with Crippen LogP contribution in [0.15, 0.2) is 24.5 Å². The predicted octanol–water partition coefficient (Wildman–Crippen LogP) is 1.92.